The van der Waals surface area contributed by atoms with Crippen LogP contribution in [0.25, 0.3) is 0 Å². The Morgan fingerprint density at radius 3 is 2.25 bits per heavy atom. The molecule has 0 saturated carbocycles. The third kappa shape index (κ3) is 5.43. The number of amides is 1. The Bertz CT molecular complexity index is 442. The smallest absolute Gasteiger partial charge is 0.330 e. The number of carbonyl (C=O) groups excluding carboxylic acids is 1. The van der Waals surface area contributed by atoms with E-state index in [1.165, 1.54) is 0 Å². The molecule has 2 atom stereocenters. The predicted octanol–water partition coefficient (Wildman–Crippen LogP) is 3.00. The lowest BCUT2D eigenvalue weighted by Gasteiger charge is -2.17. The molecule has 0 spiro atoms. The summed E-state index contributed by atoms with van der Waals surface area (Å²) in [6.45, 7) is 6.23. The molecule has 110 valence electrons. The van der Waals surface area contributed by atoms with E-state index in [9.17, 15) is 14.7 Å². The Morgan fingerprint density at radius 2 is 1.75 bits per heavy atom. The second-order valence-corrected chi connectivity index (χ2v) is 5.69. The Hall–Kier alpha value is -1.84. The van der Waals surface area contributed by atoms with Crippen LogP contribution < -0.4 is 5.32 Å². The number of carboxylic acid groups (broad SMARTS) is 1. The monoisotopic (exact) mass is 277 g/mol. The minimum atomic E-state index is -1.04. The van der Waals surface area contributed by atoms with E-state index in [0.717, 1.165) is 6.42 Å². The van der Waals surface area contributed by atoms with Crippen LogP contribution in [0.15, 0.2) is 30.3 Å². The summed E-state index contributed by atoms with van der Waals surface area (Å²) < 4.78 is 0. The number of nitrogens with one attached hydrogen (secondary N) is 1. The standard InChI is InChI=1S/C16H23NO3/c1-11(2)9-12(3)10-14(18)17-15(16(19)20)13-7-5-4-6-8-13/h4-8,11-12,15H,9-10H2,1-3H3,(H,17,18)(H,19,20)/t12?,15-/m1/s1. The number of carbonyl (C=O) groups is 2. The fraction of sp³-hybridized carbons (Fsp3) is 0.500. The van der Waals surface area contributed by atoms with Gasteiger partial charge in [0.1, 0.15) is 0 Å². The minimum absolute atomic E-state index is 0.214. The quantitative estimate of drug-likeness (QED) is 0.805. The van der Waals surface area contributed by atoms with Crippen molar-refractivity contribution >= 4 is 11.9 Å². The highest BCUT2D eigenvalue weighted by Gasteiger charge is 2.22. The van der Waals surface area contributed by atoms with Gasteiger partial charge in [0.15, 0.2) is 6.04 Å². The first-order chi connectivity index (χ1) is 9.40. The molecule has 20 heavy (non-hydrogen) atoms. The SMILES string of the molecule is CC(C)CC(C)CC(=O)N[C@@H](C(=O)O)c1ccccc1. The maximum atomic E-state index is 11.9. The van der Waals surface area contributed by atoms with Crippen molar-refractivity contribution in [1.29, 1.82) is 0 Å². The molecule has 1 rings (SSSR count). The highest BCUT2D eigenvalue weighted by atomic mass is 16.4. The van der Waals surface area contributed by atoms with Crippen LogP contribution in [0.4, 0.5) is 0 Å². The second kappa shape index (κ2) is 7.68. The molecular weight excluding hydrogens is 254 g/mol. The minimum Gasteiger partial charge on any atom is -0.479 e. The topological polar surface area (TPSA) is 66.4 Å². The van der Waals surface area contributed by atoms with E-state index in [0.29, 0.717) is 17.9 Å². The van der Waals surface area contributed by atoms with Gasteiger partial charge >= 0.3 is 5.97 Å². The largest absolute Gasteiger partial charge is 0.479 e. The van der Waals surface area contributed by atoms with Gasteiger partial charge < -0.3 is 10.4 Å². The van der Waals surface area contributed by atoms with E-state index >= 15 is 0 Å². The summed E-state index contributed by atoms with van der Waals surface area (Å²) >= 11 is 0. The summed E-state index contributed by atoms with van der Waals surface area (Å²) in [5, 5.41) is 11.8. The van der Waals surface area contributed by atoms with E-state index in [1.807, 2.05) is 13.0 Å². The first-order valence-electron chi connectivity index (χ1n) is 6.97. The van der Waals surface area contributed by atoms with Gasteiger partial charge in [0, 0.05) is 6.42 Å². The zero-order valence-corrected chi connectivity index (χ0v) is 12.3. The molecule has 0 bridgehead atoms. The number of hydrogen-bond acceptors (Lipinski definition) is 2. The molecule has 4 nitrogen and oxygen atoms in total. The van der Waals surface area contributed by atoms with E-state index in [4.69, 9.17) is 0 Å². The zero-order valence-electron chi connectivity index (χ0n) is 12.3. The van der Waals surface area contributed by atoms with Crippen LogP contribution in [0.2, 0.25) is 0 Å². The van der Waals surface area contributed by atoms with Crippen LogP contribution in [0, 0.1) is 11.8 Å². The normalized spacial score (nSPS) is 13.8. The molecule has 1 unspecified atom stereocenters. The van der Waals surface area contributed by atoms with Crippen LogP contribution >= 0.6 is 0 Å². The average molecular weight is 277 g/mol. The third-order valence-corrected chi connectivity index (χ3v) is 3.09. The van der Waals surface area contributed by atoms with E-state index in [-0.39, 0.29) is 11.8 Å². The Labute approximate surface area is 120 Å². The summed E-state index contributed by atoms with van der Waals surface area (Å²) in [6, 6.07) is 7.77. The van der Waals surface area contributed by atoms with Gasteiger partial charge in [0.05, 0.1) is 0 Å². The molecule has 0 aromatic heterocycles. The summed E-state index contributed by atoms with van der Waals surface area (Å²) in [7, 11) is 0. The van der Waals surface area contributed by atoms with Gasteiger partial charge in [0.2, 0.25) is 5.91 Å². The van der Waals surface area contributed by atoms with Crippen molar-refractivity contribution in [1.82, 2.24) is 5.32 Å². The van der Waals surface area contributed by atoms with Gasteiger partial charge in [-0.25, -0.2) is 4.79 Å². The van der Waals surface area contributed by atoms with Gasteiger partial charge in [-0.3, -0.25) is 4.79 Å². The van der Waals surface area contributed by atoms with Crippen LogP contribution in [0.5, 0.6) is 0 Å². The van der Waals surface area contributed by atoms with Crippen molar-refractivity contribution in [3.05, 3.63) is 35.9 Å². The maximum Gasteiger partial charge on any atom is 0.330 e. The average Bonchev–Trinajstić information content (AvgIpc) is 2.35. The van der Waals surface area contributed by atoms with Crippen LogP contribution in [-0.2, 0) is 9.59 Å². The predicted molar refractivity (Wildman–Crippen MR) is 78.2 cm³/mol. The van der Waals surface area contributed by atoms with Crippen molar-refractivity contribution in [3.8, 4) is 0 Å². The molecular formula is C16H23NO3. The fourth-order valence-electron chi connectivity index (χ4n) is 2.36. The molecule has 0 aliphatic heterocycles. The molecule has 0 aliphatic rings. The first kappa shape index (κ1) is 16.2. The van der Waals surface area contributed by atoms with Gasteiger partial charge in [-0.05, 0) is 23.8 Å². The molecule has 0 saturated heterocycles. The van der Waals surface area contributed by atoms with Gasteiger partial charge in [0.25, 0.3) is 0 Å². The summed E-state index contributed by atoms with van der Waals surface area (Å²) in [6.07, 6.45) is 1.31. The van der Waals surface area contributed by atoms with Gasteiger partial charge in [-0.2, -0.15) is 0 Å². The lowest BCUT2D eigenvalue weighted by Crippen LogP contribution is -2.34. The van der Waals surface area contributed by atoms with Crippen LogP contribution in [-0.4, -0.2) is 17.0 Å². The van der Waals surface area contributed by atoms with Crippen molar-refractivity contribution in [2.45, 2.75) is 39.7 Å². The number of carboxylic acids is 1. The third-order valence-electron chi connectivity index (χ3n) is 3.09. The number of hydrogen-bond donors (Lipinski definition) is 2. The molecule has 0 aliphatic carbocycles. The van der Waals surface area contributed by atoms with Crippen molar-refractivity contribution < 1.29 is 14.7 Å². The lowest BCUT2D eigenvalue weighted by atomic mass is 9.95. The van der Waals surface area contributed by atoms with Crippen LogP contribution in [0.3, 0.4) is 0 Å². The summed E-state index contributed by atoms with van der Waals surface area (Å²) in [5.74, 6) is -0.474. The Balaban J connectivity index is 2.63. The molecule has 1 aromatic rings. The lowest BCUT2D eigenvalue weighted by molar-refractivity contribution is -0.142. The van der Waals surface area contributed by atoms with Crippen molar-refractivity contribution in [2.75, 3.05) is 0 Å². The Kier molecular flexibility index (Phi) is 6.22. The molecule has 2 N–H and O–H groups in total. The second-order valence-electron chi connectivity index (χ2n) is 5.69. The fourth-order valence-corrected chi connectivity index (χ4v) is 2.36. The van der Waals surface area contributed by atoms with Gasteiger partial charge in [-0.15, -0.1) is 0 Å². The number of aliphatic carboxylic acids is 1. The van der Waals surface area contributed by atoms with E-state index < -0.39 is 12.0 Å². The summed E-state index contributed by atoms with van der Waals surface area (Å²) in [4.78, 5) is 23.2. The molecule has 1 amide bonds. The molecule has 0 heterocycles. The first-order valence-corrected chi connectivity index (χ1v) is 6.97. The molecule has 4 heteroatoms. The number of rotatable bonds is 7. The summed E-state index contributed by atoms with van der Waals surface area (Å²) in [5.41, 5.74) is 0.588. The maximum absolute atomic E-state index is 11.9. The van der Waals surface area contributed by atoms with Gasteiger partial charge in [-0.1, -0.05) is 51.1 Å². The van der Waals surface area contributed by atoms with Crippen molar-refractivity contribution in [2.24, 2.45) is 11.8 Å². The molecule has 0 fully saturated rings. The van der Waals surface area contributed by atoms with Crippen LogP contribution in [0.1, 0.15) is 45.2 Å². The molecule has 0 radical (unpaired) electrons. The van der Waals surface area contributed by atoms with Crippen molar-refractivity contribution in [3.63, 3.8) is 0 Å². The highest BCUT2D eigenvalue weighted by molar-refractivity contribution is 5.84. The highest BCUT2D eigenvalue weighted by Crippen LogP contribution is 2.17. The number of benzene rings is 1. The van der Waals surface area contributed by atoms with E-state index in [2.05, 4.69) is 19.2 Å². The zero-order chi connectivity index (χ0) is 15.1. The molecule has 1 aromatic carbocycles. The van der Waals surface area contributed by atoms with E-state index in [1.54, 1.807) is 24.3 Å². The Morgan fingerprint density at radius 1 is 1.15 bits per heavy atom.